The van der Waals surface area contributed by atoms with E-state index in [2.05, 4.69) is 6.92 Å². The minimum Gasteiger partial charge on any atom is -0.396 e. The van der Waals surface area contributed by atoms with Crippen LogP contribution in [0.5, 0.6) is 0 Å². The maximum atomic E-state index is 8.68. The van der Waals surface area contributed by atoms with E-state index < -0.39 is 0 Å². The average molecular weight is 282 g/mol. The van der Waals surface area contributed by atoms with Crippen molar-refractivity contribution in [2.45, 2.75) is 19.4 Å². The van der Waals surface area contributed by atoms with E-state index in [0.717, 1.165) is 17.9 Å². The zero-order valence-electron chi connectivity index (χ0n) is 11.2. The van der Waals surface area contributed by atoms with Gasteiger partial charge in [-0.25, -0.2) is 0 Å². The highest BCUT2D eigenvalue weighted by atomic mass is 32.2. The summed E-state index contributed by atoms with van der Waals surface area (Å²) in [6.07, 6.45) is 1.20. The molecule has 0 aromatic heterocycles. The molecular weight excluding hydrogens is 256 g/mol. The number of ether oxygens (including phenoxy) is 3. The fourth-order valence-electron chi connectivity index (χ4n) is 1.22. The first-order chi connectivity index (χ1) is 8.85. The lowest BCUT2D eigenvalue weighted by atomic mass is 10.3. The molecule has 110 valence electrons. The number of hydrogen-bond acceptors (Lipinski definition) is 6. The number of aliphatic hydroxyl groups excluding tert-OH is 2. The lowest BCUT2D eigenvalue weighted by molar-refractivity contribution is -0.00933. The third-order valence-corrected chi connectivity index (χ3v) is 3.26. The molecule has 6 heteroatoms. The summed E-state index contributed by atoms with van der Waals surface area (Å²) in [6.45, 7) is 4.89. The molecule has 0 aromatic rings. The normalized spacial score (nSPS) is 12.8. The van der Waals surface area contributed by atoms with Crippen LogP contribution in [0.3, 0.4) is 0 Å². The molecular formula is C12H26O5S. The summed E-state index contributed by atoms with van der Waals surface area (Å²) < 4.78 is 16.0. The molecule has 1 unspecified atom stereocenters. The first-order valence-electron chi connectivity index (χ1n) is 6.41. The highest BCUT2D eigenvalue weighted by Crippen LogP contribution is 2.08. The summed E-state index contributed by atoms with van der Waals surface area (Å²) in [5.74, 6) is 1.68. The van der Waals surface area contributed by atoms with Gasteiger partial charge in [-0.1, -0.05) is 6.92 Å². The smallest absolute Gasteiger partial charge is 0.0704 e. The Labute approximate surface area is 114 Å². The van der Waals surface area contributed by atoms with Crippen molar-refractivity contribution >= 4 is 11.8 Å². The minimum absolute atomic E-state index is 0.0484. The van der Waals surface area contributed by atoms with Crippen LogP contribution in [-0.4, -0.2) is 74.1 Å². The molecule has 0 rings (SSSR count). The third-order valence-electron chi connectivity index (χ3n) is 2.18. The van der Waals surface area contributed by atoms with E-state index in [4.69, 9.17) is 24.4 Å². The van der Waals surface area contributed by atoms with Gasteiger partial charge in [0.05, 0.1) is 52.4 Å². The molecule has 5 nitrogen and oxygen atoms in total. The van der Waals surface area contributed by atoms with Crippen molar-refractivity contribution in [2.75, 3.05) is 57.8 Å². The Balaban J connectivity index is 3.23. The molecule has 0 aromatic carbocycles. The van der Waals surface area contributed by atoms with Crippen LogP contribution in [0.4, 0.5) is 0 Å². The summed E-state index contributed by atoms with van der Waals surface area (Å²) in [5, 5.41) is 17.2. The van der Waals surface area contributed by atoms with Crippen molar-refractivity contribution in [2.24, 2.45) is 0 Å². The van der Waals surface area contributed by atoms with Gasteiger partial charge in [0.15, 0.2) is 0 Å². The highest BCUT2D eigenvalue weighted by molar-refractivity contribution is 7.99. The van der Waals surface area contributed by atoms with Gasteiger partial charge < -0.3 is 24.4 Å². The minimum atomic E-state index is 0.0484. The van der Waals surface area contributed by atoms with Gasteiger partial charge in [-0.3, -0.25) is 0 Å². The molecule has 2 N–H and O–H groups in total. The Bertz CT molecular complexity index is 159. The average Bonchev–Trinajstić information content (AvgIpc) is 2.40. The maximum absolute atomic E-state index is 8.68. The van der Waals surface area contributed by atoms with Gasteiger partial charge in [-0.15, -0.1) is 0 Å². The number of hydrogen-bond donors (Lipinski definition) is 2. The summed E-state index contributed by atoms with van der Waals surface area (Å²) in [7, 11) is 0. The van der Waals surface area contributed by atoms with Crippen LogP contribution in [0.15, 0.2) is 0 Å². The van der Waals surface area contributed by atoms with E-state index in [-0.39, 0.29) is 19.3 Å². The molecule has 0 bridgehead atoms. The molecule has 0 aliphatic heterocycles. The molecule has 18 heavy (non-hydrogen) atoms. The lowest BCUT2D eigenvalue weighted by Gasteiger charge is -2.15. The molecule has 0 heterocycles. The van der Waals surface area contributed by atoms with E-state index >= 15 is 0 Å². The van der Waals surface area contributed by atoms with E-state index in [1.54, 1.807) is 11.8 Å². The fourth-order valence-corrected chi connectivity index (χ4v) is 2.11. The molecule has 0 radical (unpaired) electrons. The monoisotopic (exact) mass is 282 g/mol. The van der Waals surface area contributed by atoms with Crippen molar-refractivity contribution in [1.29, 1.82) is 0 Å². The summed E-state index contributed by atoms with van der Waals surface area (Å²) >= 11 is 1.70. The number of aliphatic hydroxyl groups is 2. The highest BCUT2D eigenvalue weighted by Gasteiger charge is 2.05. The summed E-state index contributed by atoms with van der Waals surface area (Å²) in [5.41, 5.74) is 0. The Morgan fingerprint density at radius 3 is 2.22 bits per heavy atom. The Morgan fingerprint density at radius 1 is 0.944 bits per heavy atom. The first kappa shape index (κ1) is 18.1. The Morgan fingerprint density at radius 2 is 1.61 bits per heavy atom. The Hall–Kier alpha value is 0.150. The molecule has 1 atom stereocenters. The van der Waals surface area contributed by atoms with Crippen molar-refractivity contribution in [1.82, 2.24) is 0 Å². The van der Waals surface area contributed by atoms with E-state index in [1.807, 2.05) is 0 Å². The van der Waals surface area contributed by atoms with Crippen molar-refractivity contribution in [3.05, 3.63) is 0 Å². The van der Waals surface area contributed by atoms with Crippen LogP contribution in [-0.2, 0) is 14.2 Å². The number of rotatable bonds is 14. The van der Waals surface area contributed by atoms with E-state index in [1.165, 1.54) is 0 Å². The van der Waals surface area contributed by atoms with Crippen molar-refractivity contribution in [3.8, 4) is 0 Å². The standard InChI is InChI=1S/C12H26O5S/c1-2-12(11-18-10-4-14)17-9-8-16-7-6-15-5-3-13/h12-14H,2-11H2,1H3. The molecule has 0 spiro atoms. The predicted octanol–water partition coefficient (Wildman–Crippen LogP) is 0.533. The zero-order chi connectivity index (χ0) is 13.5. The molecule has 0 fully saturated rings. The second-order valence-corrected chi connectivity index (χ2v) is 4.80. The van der Waals surface area contributed by atoms with Crippen molar-refractivity contribution in [3.63, 3.8) is 0 Å². The van der Waals surface area contributed by atoms with Crippen LogP contribution >= 0.6 is 11.8 Å². The number of thioether (sulfide) groups is 1. The summed E-state index contributed by atoms with van der Waals surface area (Å²) in [6, 6.07) is 0. The topological polar surface area (TPSA) is 68.2 Å². The van der Waals surface area contributed by atoms with Gasteiger partial charge in [-0.2, -0.15) is 11.8 Å². The van der Waals surface area contributed by atoms with Crippen LogP contribution in [0.2, 0.25) is 0 Å². The van der Waals surface area contributed by atoms with Gasteiger partial charge in [0.1, 0.15) is 0 Å². The quantitative estimate of drug-likeness (QED) is 0.453. The van der Waals surface area contributed by atoms with Crippen molar-refractivity contribution < 1.29 is 24.4 Å². The molecule has 0 saturated heterocycles. The maximum Gasteiger partial charge on any atom is 0.0704 e. The molecule has 0 saturated carbocycles. The van der Waals surface area contributed by atoms with Crippen LogP contribution < -0.4 is 0 Å². The predicted molar refractivity (Wildman–Crippen MR) is 73.2 cm³/mol. The van der Waals surface area contributed by atoms with Crippen LogP contribution in [0, 0.1) is 0 Å². The summed E-state index contributed by atoms with van der Waals surface area (Å²) in [4.78, 5) is 0. The van der Waals surface area contributed by atoms with Gasteiger partial charge in [0, 0.05) is 11.5 Å². The van der Waals surface area contributed by atoms with Gasteiger partial charge in [0.25, 0.3) is 0 Å². The van der Waals surface area contributed by atoms with Crippen LogP contribution in [0.25, 0.3) is 0 Å². The second-order valence-electron chi connectivity index (χ2n) is 3.65. The van der Waals surface area contributed by atoms with Gasteiger partial charge >= 0.3 is 0 Å². The second kappa shape index (κ2) is 15.2. The molecule has 0 aliphatic rings. The first-order valence-corrected chi connectivity index (χ1v) is 7.57. The zero-order valence-corrected chi connectivity index (χ0v) is 12.0. The van der Waals surface area contributed by atoms with E-state index in [0.29, 0.717) is 33.0 Å². The SMILES string of the molecule is CCC(CSCCO)OCCOCCOCCO. The van der Waals surface area contributed by atoms with Gasteiger partial charge in [-0.05, 0) is 6.42 Å². The van der Waals surface area contributed by atoms with Gasteiger partial charge in [0.2, 0.25) is 0 Å². The van der Waals surface area contributed by atoms with Crippen LogP contribution in [0.1, 0.15) is 13.3 Å². The lowest BCUT2D eigenvalue weighted by Crippen LogP contribution is -2.19. The largest absolute Gasteiger partial charge is 0.396 e. The fraction of sp³-hybridized carbons (Fsp3) is 1.00. The molecule has 0 aliphatic carbocycles. The van der Waals surface area contributed by atoms with E-state index in [9.17, 15) is 0 Å². The Kier molecular flexibility index (Phi) is 15.3. The third kappa shape index (κ3) is 12.6. The molecule has 0 amide bonds.